The fraction of sp³-hybridized carbons (Fsp3) is 0.400. The Hall–Kier alpha value is -1.62. The van der Waals surface area contributed by atoms with Gasteiger partial charge in [-0.15, -0.1) is 0 Å². The van der Waals surface area contributed by atoms with Crippen molar-refractivity contribution in [2.45, 2.75) is 18.9 Å². The molecule has 5 heteroatoms. The number of hydrogen-bond acceptors (Lipinski definition) is 3. The first-order valence-electron chi connectivity index (χ1n) is 4.99. The molecule has 1 aliphatic heterocycles. The van der Waals surface area contributed by atoms with E-state index in [-0.39, 0.29) is 17.5 Å². The van der Waals surface area contributed by atoms with Crippen molar-refractivity contribution in [2.24, 2.45) is 0 Å². The SMILES string of the molecule is O=C(Nc1ccc[nH]c1=O)C1CCCN1. The predicted octanol–water partition coefficient (Wildman–Crippen LogP) is 0.0654. The maximum Gasteiger partial charge on any atom is 0.271 e. The first-order valence-corrected chi connectivity index (χ1v) is 4.99. The average molecular weight is 207 g/mol. The Kier molecular flexibility index (Phi) is 2.82. The summed E-state index contributed by atoms with van der Waals surface area (Å²) in [6.07, 6.45) is 3.37. The largest absolute Gasteiger partial charge is 0.327 e. The van der Waals surface area contributed by atoms with Crippen molar-refractivity contribution in [3.8, 4) is 0 Å². The molecule has 1 aromatic rings. The van der Waals surface area contributed by atoms with Gasteiger partial charge in [-0.1, -0.05) is 0 Å². The van der Waals surface area contributed by atoms with Gasteiger partial charge in [0.2, 0.25) is 5.91 Å². The second kappa shape index (κ2) is 4.27. The van der Waals surface area contributed by atoms with Crippen LogP contribution in [0.15, 0.2) is 23.1 Å². The first-order chi connectivity index (χ1) is 7.27. The number of amides is 1. The summed E-state index contributed by atoms with van der Waals surface area (Å²) in [5.41, 5.74) is 0.0278. The van der Waals surface area contributed by atoms with Crippen LogP contribution >= 0.6 is 0 Å². The quantitative estimate of drug-likeness (QED) is 0.642. The van der Waals surface area contributed by atoms with Gasteiger partial charge in [0, 0.05) is 6.20 Å². The van der Waals surface area contributed by atoms with Crippen LogP contribution in [-0.2, 0) is 4.79 Å². The van der Waals surface area contributed by atoms with Crippen LogP contribution in [0.5, 0.6) is 0 Å². The molecule has 1 unspecified atom stereocenters. The topological polar surface area (TPSA) is 74.0 Å². The lowest BCUT2D eigenvalue weighted by Crippen LogP contribution is -2.36. The van der Waals surface area contributed by atoms with Crippen LogP contribution < -0.4 is 16.2 Å². The van der Waals surface area contributed by atoms with Crippen molar-refractivity contribution < 1.29 is 4.79 Å². The van der Waals surface area contributed by atoms with E-state index in [0.717, 1.165) is 19.4 Å². The maximum absolute atomic E-state index is 11.6. The third-order valence-corrected chi connectivity index (χ3v) is 2.45. The van der Waals surface area contributed by atoms with Crippen LogP contribution in [0, 0.1) is 0 Å². The molecule has 0 radical (unpaired) electrons. The molecule has 1 amide bonds. The Morgan fingerprint density at radius 1 is 1.53 bits per heavy atom. The van der Waals surface area contributed by atoms with Gasteiger partial charge in [-0.25, -0.2) is 0 Å². The summed E-state index contributed by atoms with van der Waals surface area (Å²) >= 11 is 0. The van der Waals surface area contributed by atoms with Crippen LogP contribution in [0.25, 0.3) is 0 Å². The number of carbonyl (C=O) groups is 1. The molecule has 3 N–H and O–H groups in total. The highest BCUT2D eigenvalue weighted by Gasteiger charge is 2.22. The van der Waals surface area contributed by atoms with Gasteiger partial charge in [0.1, 0.15) is 5.69 Å². The van der Waals surface area contributed by atoms with Gasteiger partial charge in [-0.05, 0) is 31.5 Å². The van der Waals surface area contributed by atoms with Crippen LogP contribution in [0.2, 0.25) is 0 Å². The third-order valence-electron chi connectivity index (χ3n) is 2.45. The summed E-state index contributed by atoms with van der Waals surface area (Å²) in [5.74, 6) is -0.135. The summed E-state index contributed by atoms with van der Waals surface area (Å²) in [7, 11) is 0. The molecular formula is C10H13N3O2. The van der Waals surface area contributed by atoms with E-state index >= 15 is 0 Å². The lowest BCUT2D eigenvalue weighted by atomic mass is 10.2. The highest BCUT2D eigenvalue weighted by molar-refractivity contribution is 5.94. The Bertz CT molecular complexity index is 407. The van der Waals surface area contributed by atoms with Gasteiger partial charge < -0.3 is 15.6 Å². The molecule has 1 fully saturated rings. The molecule has 1 atom stereocenters. The molecule has 0 spiro atoms. The molecular weight excluding hydrogens is 194 g/mol. The minimum absolute atomic E-state index is 0.135. The molecule has 0 aliphatic carbocycles. The Balaban J connectivity index is 2.05. The molecule has 0 bridgehead atoms. The number of hydrogen-bond donors (Lipinski definition) is 3. The number of anilines is 1. The number of carbonyl (C=O) groups excluding carboxylic acids is 1. The van der Waals surface area contributed by atoms with E-state index in [1.807, 2.05) is 0 Å². The molecule has 1 saturated heterocycles. The van der Waals surface area contributed by atoms with E-state index < -0.39 is 0 Å². The Labute approximate surface area is 86.9 Å². The zero-order valence-corrected chi connectivity index (χ0v) is 8.25. The van der Waals surface area contributed by atoms with E-state index in [1.54, 1.807) is 12.1 Å². The third kappa shape index (κ3) is 2.24. The highest BCUT2D eigenvalue weighted by atomic mass is 16.2. The van der Waals surface area contributed by atoms with Crippen molar-refractivity contribution in [3.63, 3.8) is 0 Å². The molecule has 2 rings (SSSR count). The molecule has 1 aliphatic rings. The van der Waals surface area contributed by atoms with Gasteiger partial charge in [0.05, 0.1) is 6.04 Å². The average Bonchev–Trinajstić information content (AvgIpc) is 2.74. The van der Waals surface area contributed by atoms with Crippen LogP contribution in [0.3, 0.4) is 0 Å². The van der Waals surface area contributed by atoms with Gasteiger partial charge in [0.25, 0.3) is 5.56 Å². The van der Waals surface area contributed by atoms with Crippen molar-refractivity contribution in [1.82, 2.24) is 10.3 Å². The number of aromatic nitrogens is 1. The van der Waals surface area contributed by atoms with E-state index in [1.165, 1.54) is 6.20 Å². The summed E-state index contributed by atoms with van der Waals surface area (Å²) in [6.45, 7) is 0.864. The molecule has 15 heavy (non-hydrogen) atoms. The van der Waals surface area contributed by atoms with Crippen LogP contribution in [-0.4, -0.2) is 23.5 Å². The summed E-state index contributed by atoms with van der Waals surface area (Å²) in [5, 5.41) is 5.68. The van der Waals surface area contributed by atoms with Crippen molar-refractivity contribution >= 4 is 11.6 Å². The van der Waals surface area contributed by atoms with E-state index in [2.05, 4.69) is 15.6 Å². The van der Waals surface area contributed by atoms with Crippen molar-refractivity contribution in [2.75, 3.05) is 11.9 Å². The fourth-order valence-electron chi connectivity index (χ4n) is 1.65. The van der Waals surface area contributed by atoms with E-state index in [0.29, 0.717) is 5.69 Å². The van der Waals surface area contributed by atoms with Crippen molar-refractivity contribution in [1.29, 1.82) is 0 Å². The zero-order chi connectivity index (χ0) is 10.7. The molecule has 80 valence electrons. The van der Waals surface area contributed by atoms with Gasteiger partial charge in [-0.2, -0.15) is 0 Å². The lowest BCUT2D eigenvalue weighted by Gasteiger charge is -2.09. The second-order valence-corrected chi connectivity index (χ2v) is 3.55. The minimum atomic E-state index is -0.274. The number of rotatable bonds is 2. The molecule has 5 nitrogen and oxygen atoms in total. The molecule has 1 aromatic heterocycles. The number of aromatic amines is 1. The van der Waals surface area contributed by atoms with Gasteiger partial charge >= 0.3 is 0 Å². The molecule has 0 aromatic carbocycles. The first kappa shape index (κ1) is 9.92. The Morgan fingerprint density at radius 3 is 3.07 bits per heavy atom. The summed E-state index contributed by atoms with van der Waals surface area (Å²) < 4.78 is 0. The highest BCUT2D eigenvalue weighted by Crippen LogP contribution is 2.07. The number of H-pyrrole nitrogens is 1. The zero-order valence-electron chi connectivity index (χ0n) is 8.25. The van der Waals surface area contributed by atoms with E-state index in [9.17, 15) is 9.59 Å². The number of pyridine rings is 1. The summed E-state index contributed by atoms with van der Waals surface area (Å²) in [6, 6.07) is 3.11. The Morgan fingerprint density at radius 2 is 2.40 bits per heavy atom. The number of nitrogens with one attached hydrogen (secondary N) is 3. The smallest absolute Gasteiger partial charge is 0.271 e. The minimum Gasteiger partial charge on any atom is -0.327 e. The normalized spacial score (nSPS) is 20.1. The monoisotopic (exact) mass is 207 g/mol. The van der Waals surface area contributed by atoms with Crippen LogP contribution in [0.4, 0.5) is 5.69 Å². The molecule has 2 heterocycles. The van der Waals surface area contributed by atoms with Crippen molar-refractivity contribution in [3.05, 3.63) is 28.7 Å². The molecule has 0 saturated carbocycles. The predicted molar refractivity (Wildman–Crippen MR) is 56.7 cm³/mol. The lowest BCUT2D eigenvalue weighted by molar-refractivity contribution is -0.117. The maximum atomic E-state index is 11.6. The van der Waals surface area contributed by atoms with Gasteiger partial charge in [0.15, 0.2) is 0 Å². The second-order valence-electron chi connectivity index (χ2n) is 3.55. The van der Waals surface area contributed by atoms with Gasteiger partial charge in [-0.3, -0.25) is 9.59 Å². The van der Waals surface area contributed by atoms with Crippen LogP contribution in [0.1, 0.15) is 12.8 Å². The fourth-order valence-corrected chi connectivity index (χ4v) is 1.65. The summed E-state index contributed by atoms with van der Waals surface area (Å²) in [4.78, 5) is 25.4. The standard InChI is InChI=1S/C10H13N3O2/c14-9-8(4-2-6-12-9)13-10(15)7-3-1-5-11-7/h2,4,6-7,11H,1,3,5H2,(H,12,14)(H,13,15). The van der Waals surface area contributed by atoms with E-state index in [4.69, 9.17) is 0 Å².